The molecular weight excluding hydrogens is 316 g/mol. The van der Waals surface area contributed by atoms with Crippen LogP contribution in [0.4, 0.5) is 11.6 Å². The van der Waals surface area contributed by atoms with Gasteiger partial charge in [0.1, 0.15) is 11.4 Å². The summed E-state index contributed by atoms with van der Waals surface area (Å²) in [5.74, 6) is 1.10. The summed E-state index contributed by atoms with van der Waals surface area (Å²) >= 11 is 0. The monoisotopic (exact) mass is 336 g/mol. The first-order chi connectivity index (χ1) is 12.1. The van der Waals surface area contributed by atoms with Crippen LogP contribution in [-0.4, -0.2) is 21.3 Å². The number of nitrogens with zero attached hydrogens (tertiary/aromatic N) is 2. The number of hydrogen-bond acceptors (Lipinski definition) is 5. The van der Waals surface area contributed by atoms with Crippen LogP contribution in [0.3, 0.4) is 0 Å². The minimum Gasteiger partial charge on any atom is -0.491 e. The van der Waals surface area contributed by atoms with Crippen molar-refractivity contribution in [2.75, 3.05) is 5.32 Å². The molecule has 0 atom stereocenters. The molecule has 0 saturated carbocycles. The molecule has 6 heteroatoms. The second kappa shape index (κ2) is 7.61. The molecule has 128 valence electrons. The molecule has 0 spiro atoms. The summed E-state index contributed by atoms with van der Waals surface area (Å²) in [5, 5.41) is 11.1. The van der Waals surface area contributed by atoms with Gasteiger partial charge in [0.2, 0.25) is 5.95 Å². The molecule has 0 radical (unpaired) electrons. The van der Waals surface area contributed by atoms with Gasteiger partial charge in [0.15, 0.2) is 0 Å². The van der Waals surface area contributed by atoms with Crippen molar-refractivity contribution in [1.29, 1.82) is 0 Å². The Morgan fingerprint density at radius 1 is 1.04 bits per heavy atom. The van der Waals surface area contributed by atoms with Crippen molar-refractivity contribution < 1.29 is 4.74 Å². The van der Waals surface area contributed by atoms with Gasteiger partial charge < -0.3 is 10.1 Å². The third kappa shape index (κ3) is 4.67. The second-order valence-electron chi connectivity index (χ2n) is 5.93. The van der Waals surface area contributed by atoms with Crippen molar-refractivity contribution in [2.24, 2.45) is 0 Å². The third-order valence-corrected chi connectivity index (χ3v) is 3.47. The molecule has 3 aromatic rings. The van der Waals surface area contributed by atoms with Crippen molar-refractivity contribution in [3.8, 4) is 5.75 Å². The molecule has 0 unspecified atom stereocenters. The van der Waals surface area contributed by atoms with E-state index in [-0.39, 0.29) is 11.7 Å². The van der Waals surface area contributed by atoms with Gasteiger partial charge in [0.05, 0.1) is 6.10 Å². The molecule has 1 aromatic heterocycles. The highest BCUT2D eigenvalue weighted by Crippen LogP contribution is 2.18. The molecule has 0 amide bonds. The third-order valence-electron chi connectivity index (χ3n) is 3.47. The van der Waals surface area contributed by atoms with Crippen LogP contribution in [0.5, 0.6) is 5.75 Å². The van der Waals surface area contributed by atoms with Crippen molar-refractivity contribution in [1.82, 2.24) is 15.2 Å². The van der Waals surface area contributed by atoms with E-state index in [1.54, 1.807) is 0 Å². The molecule has 0 fully saturated rings. The summed E-state index contributed by atoms with van der Waals surface area (Å²) in [6.07, 6.45) is 0.572. The van der Waals surface area contributed by atoms with Gasteiger partial charge in [-0.2, -0.15) is 0 Å². The Morgan fingerprint density at radius 3 is 2.40 bits per heavy atom. The number of rotatable bonds is 6. The zero-order chi connectivity index (χ0) is 17.6. The molecule has 1 heterocycles. The van der Waals surface area contributed by atoms with E-state index in [1.807, 2.05) is 68.4 Å². The van der Waals surface area contributed by atoms with E-state index in [4.69, 9.17) is 4.74 Å². The average Bonchev–Trinajstić information content (AvgIpc) is 2.60. The van der Waals surface area contributed by atoms with Gasteiger partial charge in [0.25, 0.3) is 5.56 Å². The Labute approximate surface area is 145 Å². The molecule has 2 aromatic carbocycles. The molecular formula is C19H20N4O2. The number of anilines is 2. The fourth-order valence-corrected chi connectivity index (χ4v) is 2.35. The predicted octanol–water partition coefficient (Wildman–Crippen LogP) is 3.29. The van der Waals surface area contributed by atoms with Crippen LogP contribution >= 0.6 is 0 Å². The van der Waals surface area contributed by atoms with Crippen LogP contribution in [0.1, 0.15) is 25.1 Å². The van der Waals surface area contributed by atoms with Crippen LogP contribution in [0.15, 0.2) is 59.4 Å². The van der Waals surface area contributed by atoms with Crippen molar-refractivity contribution >= 4 is 11.6 Å². The Bertz CT molecular complexity index is 874. The first-order valence-corrected chi connectivity index (χ1v) is 8.14. The molecule has 0 aliphatic heterocycles. The van der Waals surface area contributed by atoms with Crippen LogP contribution in [-0.2, 0) is 6.42 Å². The first-order valence-electron chi connectivity index (χ1n) is 8.14. The lowest BCUT2D eigenvalue weighted by molar-refractivity contribution is 0.242. The quantitative estimate of drug-likeness (QED) is 0.722. The highest BCUT2D eigenvalue weighted by Gasteiger charge is 2.06. The maximum Gasteiger partial charge on any atom is 0.274 e. The summed E-state index contributed by atoms with van der Waals surface area (Å²) < 4.78 is 5.60. The summed E-state index contributed by atoms with van der Waals surface area (Å²) in [7, 11) is 0. The molecule has 2 N–H and O–H groups in total. The highest BCUT2D eigenvalue weighted by molar-refractivity contribution is 5.54. The zero-order valence-electron chi connectivity index (χ0n) is 14.2. The van der Waals surface area contributed by atoms with Crippen molar-refractivity contribution in [2.45, 2.75) is 26.4 Å². The van der Waals surface area contributed by atoms with Crippen LogP contribution in [0, 0.1) is 0 Å². The van der Waals surface area contributed by atoms with Gasteiger partial charge in [-0.1, -0.05) is 30.3 Å². The topological polar surface area (TPSA) is 79.9 Å². The largest absolute Gasteiger partial charge is 0.491 e. The lowest BCUT2D eigenvalue weighted by atomic mass is 10.1. The average molecular weight is 336 g/mol. The van der Waals surface area contributed by atoms with E-state index in [1.165, 1.54) is 0 Å². The van der Waals surface area contributed by atoms with E-state index in [0.717, 1.165) is 17.0 Å². The predicted molar refractivity (Wildman–Crippen MR) is 97.4 cm³/mol. The molecule has 0 saturated heterocycles. The molecule has 0 aliphatic carbocycles. The highest BCUT2D eigenvalue weighted by atomic mass is 16.5. The zero-order valence-corrected chi connectivity index (χ0v) is 14.2. The summed E-state index contributed by atoms with van der Waals surface area (Å²) in [6.45, 7) is 3.95. The summed E-state index contributed by atoms with van der Waals surface area (Å²) in [6, 6.07) is 17.1. The lowest BCUT2D eigenvalue weighted by Crippen LogP contribution is -2.18. The number of hydrogen-bond donors (Lipinski definition) is 2. The number of benzene rings is 2. The number of aromatic amines is 1. The van der Waals surface area contributed by atoms with Gasteiger partial charge in [-0.05, 0) is 43.7 Å². The van der Waals surface area contributed by atoms with Crippen LogP contribution in [0.25, 0.3) is 0 Å². The SMILES string of the molecule is CC(C)Oc1ccc(Nc2nnc(Cc3ccccc3)c(=O)[nH]2)cc1. The fraction of sp³-hybridized carbons (Fsp3) is 0.211. The van der Waals surface area contributed by atoms with Crippen LogP contribution in [0.2, 0.25) is 0 Å². The van der Waals surface area contributed by atoms with Gasteiger partial charge in [-0.3, -0.25) is 9.78 Å². The number of nitrogens with one attached hydrogen (secondary N) is 2. The molecule has 0 bridgehead atoms. The van der Waals surface area contributed by atoms with E-state index in [9.17, 15) is 4.79 Å². The lowest BCUT2D eigenvalue weighted by Gasteiger charge is -2.10. The van der Waals surface area contributed by atoms with Gasteiger partial charge in [-0.25, -0.2) is 0 Å². The number of ether oxygens (including phenoxy) is 1. The minimum absolute atomic E-state index is 0.123. The van der Waals surface area contributed by atoms with E-state index in [0.29, 0.717) is 18.1 Å². The van der Waals surface area contributed by atoms with Crippen molar-refractivity contribution in [3.05, 3.63) is 76.2 Å². The molecule has 0 aliphatic rings. The fourth-order valence-electron chi connectivity index (χ4n) is 2.35. The molecule has 25 heavy (non-hydrogen) atoms. The minimum atomic E-state index is -0.249. The number of H-pyrrole nitrogens is 1. The summed E-state index contributed by atoms with van der Waals surface area (Å²) in [4.78, 5) is 14.9. The first kappa shape index (κ1) is 16.7. The normalized spacial score (nSPS) is 10.7. The molecule has 6 nitrogen and oxygen atoms in total. The smallest absolute Gasteiger partial charge is 0.274 e. The van der Waals surface area contributed by atoms with E-state index >= 15 is 0 Å². The van der Waals surface area contributed by atoms with Crippen molar-refractivity contribution in [3.63, 3.8) is 0 Å². The Morgan fingerprint density at radius 2 is 1.76 bits per heavy atom. The Balaban J connectivity index is 1.69. The number of aromatic nitrogens is 3. The van der Waals surface area contributed by atoms with Gasteiger partial charge in [-0.15, -0.1) is 10.2 Å². The van der Waals surface area contributed by atoms with Crippen LogP contribution < -0.4 is 15.6 Å². The van der Waals surface area contributed by atoms with Gasteiger partial charge >= 0.3 is 0 Å². The summed E-state index contributed by atoms with van der Waals surface area (Å²) in [5.41, 5.74) is 1.94. The van der Waals surface area contributed by atoms with E-state index in [2.05, 4.69) is 20.5 Å². The Kier molecular flexibility index (Phi) is 5.09. The maximum atomic E-state index is 12.2. The maximum absolute atomic E-state index is 12.2. The Hall–Kier alpha value is -3.15. The molecule has 3 rings (SSSR count). The van der Waals surface area contributed by atoms with E-state index < -0.39 is 0 Å². The second-order valence-corrected chi connectivity index (χ2v) is 5.93. The standard InChI is InChI=1S/C19H20N4O2/c1-13(2)25-16-10-8-15(9-11-16)20-19-21-18(24)17(22-23-19)12-14-6-4-3-5-7-14/h3-11,13H,12H2,1-2H3,(H2,20,21,23,24). The van der Waals surface area contributed by atoms with Gasteiger partial charge in [0, 0.05) is 12.1 Å².